The van der Waals surface area contributed by atoms with Crippen LogP contribution in [0.1, 0.15) is 18.9 Å². The third kappa shape index (κ3) is 3.60. The first-order chi connectivity index (χ1) is 11.2. The minimum Gasteiger partial charge on any atom is -0.339 e. The second-order valence-electron chi connectivity index (χ2n) is 5.56. The molecule has 1 aliphatic heterocycles. The highest BCUT2D eigenvalue weighted by molar-refractivity contribution is 7.13. The number of carbonyl (C=O) groups excluding carboxylic acids is 1. The minimum atomic E-state index is 0.0535. The summed E-state index contributed by atoms with van der Waals surface area (Å²) in [6.45, 7) is 5.55. The zero-order valence-corrected chi connectivity index (χ0v) is 14.2. The van der Waals surface area contributed by atoms with E-state index in [1.165, 1.54) is 0 Å². The average molecular weight is 335 g/mol. The molecule has 124 valence electrons. The molecule has 1 unspecified atom stereocenters. The molecule has 1 amide bonds. The fourth-order valence-electron chi connectivity index (χ4n) is 2.69. The number of nitrogens with zero attached hydrogens (tertiary/aromatic N) is 4. The Labute approximate surface area is 139 Å². The quantitative estimate of drug-likeness (QED) is 0.886. The highest BCUT2D eigenvalue weighted by Gasteiger charge is 2.27. The summed E-state index contributed by atoms with van der Waals surface area (Å²) in [5.74, 6) is 1.42. The molecule has 0 spiro atoms. The zero-order chi connectivity index (χ0) is 16.2. The van der Waals surface area contributed by atoms with E-state index in [2.05, 4.69) is 27.3 Å². The first-order valence-corrected chi connectivity index (χ1v) is 8.61. The van der Waals surface area contributed by atoms with Gasteiger partial charge in [0, 0.05) is 26.2 Å². The van der Waals surface area contributed by atoms with Gasteiger partial charge in [0.15, 0.2) is 0 Å². The smallest absolute Gasteiger partial charge is 0.244 e. The largest absolute Gasteiger partial charge is 0.339 e. The van der Waals surface area contributed by atoms with Crippen LogP contribution in [0.2, 0.25) is 0 Å². The predicted molar refractivity (Wildman–Crippen MR) is 88.1 cm³/mol. The summed E-state index contributed by atoms with van der Waals surface area (Å²) in [4.78, 5) is 21.6. The van der Waals surface area contributed by atoms with Gasteiger partial charge in [0.25, 0.3) is 0 Å². The lowest BCUT2D eigenvalue weighted by Gasteiger charge is -2.36. The summed E-state index contributed by atoms with van der Waals surface area (Å²) in [5, 5.41) is 8.97. The SMILES string of the molecule is CNCC(=O)N1CCN(C(C)c2nc(-c3cccs3)no2)CC1. The molecule has 0 aliphatic carbocycles. The molecule has 2 aromatic heterocycles. The van der Waals surface area contributed by atoms with Crippen molar-refractivity contribution in [3.8, 4) is 10.7 Å². The van der Waals surface area contributed by atoms with Gasteiger partial charge in [-0.1, -0.05) is 11.2 Å². The molecule has 2 aromatic rings. The molecule has 1 saturated heterocycles. The molecule has 1 N–H and O–H groups in total. The van der Waals surface area contributed by atoms with Crippen molar-refractivity contribution in [2.45, 2.75) is 13.0 Å². The Hall–Kier alpha value is -1.77. The molecule has 0 saturated carbocycles. The summed E-state index contributed by atoms with van der Waals surface area (Å²) in [7, 11) is 1.79. The maximum Gasteiger partial charge on any atom is 0.244 e. The number of likely N-dealkylation sites (N-methyl/N-ethyl adjacent to an activating group) is 1. The number of amides is 1. The fourth-order valence-corrected chi connectivity index (χ4v) is 3.34. The molecular weight excluding hydrogens is 314 g/mol. The number of rotatable bonds is 5. The average Bonchev–Trinajstić information content (AvgIpc) is 3.25. The molecule has 8 heteroatoms. The van der Waals surface area contributed by atoms with Crippen molar-refractivity contribution in [3.63, 3.8) is 0 Å². The topological polar surface area (TPSA) is 74.5 Å². The highest BCUT2D eigenvalue weighted by atomic mass is 32.1. The van der Waals surface area contributed by atoms with E-state index < -0.39 is 0 Å². The third-order valence-electron chi connectivity index (χ3n) is 4.08. The monoisotopic (exact) mass is 335 g/mol. The Morgan fingerprint density at radius 3 is 2.87 bits per heavy atom. The molecule has 3 heterocycles. The summed E-state index contributed by atoms with van der Waals surface area (Å²) in [5.41, 5.74) is 0. The number of carbonyl (C=O) groups is 1. The summed E-state index contributed by atoms with van der Waals surface area (Å²) >= 11 is 1.60. The molecule has 0 bridgehead atoms. The van der Waals surface area contributed by atoms with E-state index in [-0.39, 0.29) is 11.9 Å². The van der Waals surface area contributed by atoms with Crippen LogP contribution in [0.4, 0.5) is 0 Å². The zero-order valence-electron chi connectivity index (χ0n) is 13.4. The van der Waals surface area contributed by atoms with Gasteiger partial charge in [-0.05, 0) is 25.4 Å². The summed E-state index contributed by atoms with van der Waals surface area (Å²) < 4.78 is 5.43. The minimum absolute atomic E-state index is 0.0535. The number of aromatic nitrogens is 2. The Bertz CT molecular complexity index is 634. The van der Waals surface area contributed by atoms with Crippen LogP contribution in [0.15, 0.2) is 22.0 Å². The van der Waals surface area contributed by atoms with Gasteiger partial charge >= 0.3 is 0 Å². The first-order valence-electron chi connectivity index (χ1n) is 7.73. The van der Waals surface area contributed by atoms with Crippen molar-refractivity contribution < 1.29 is 9.32 Å². The number of piperazine rings is 1. The van der Waals surface area contributed by atoms with Gasteiger partial charge < -0.3 is 14.7 Å². The van der Waals surface area contributed by atoms with Gasteiger partial charge in [0.2, 0.25) is 17.6 Å². The molecule has 1 atom stereocenters. The van der Waals surface area contributed by atoms with Crippen molar-refractivity contribution in [2.24, 2.45) is 0 Å². The first kappa shape index (κ1) is 16.1. The van der Waals surface area contributed by atoms with Crippen LogP contribution < -0.4 is 5.32 Å². The van der Waals surface area contributed by atoms with Crippen LogP contribution in [-0.4, -0.2) is 65.6 Å². The van der Waals surface area contributed by atoms with E-state index in [1.54, 1.807) is 18.4 Å². The maximum absolute atomic E-state index is 11.9. The van der Waals surface area contributed by atoms with Crippen molar-refractivity contribution in [1.29, 1.82) is 0 Å². The molecule has 1 aliphatic rings. The maximum atomic E-state index is 11.9. The van der Waals surface area contributed by atoms with E-state index >= 15 is 0 Å². The van der Waals surface area contributed by atoms with Crippen molar-refractivity contribution in [2.75, 3.05) is 39.8 Å². The Morgan fingerprint density at radius 1 is 1.43 bits per heavy atom. The number of thiophene rings is 1. The second kappa shape index (κ2) is 7.20. The normalized spacial score (nSPS) is 17.4. The molecule has 0 radical (unpaired) electrons. The van der Waals surface area contributed by atoms with Gasteiger partial charge in [-0.3, -0.25) is 9.69 Å². The predicted octanol–water partition coefficient (Wildman–Crippen LogP) is 1.22. The van der Waals surface area contributed by atoms with Gasteiger partial charge in [-0.15, -0.1) is 11.3 Å². The molecular formula is C15H21N5O2S. The van der Waals surface area contributed by atoms with Crippen LogP contribution in [0, 0.1) is 0 Å². The Kier molecular flexibility index (Phi) is 5.04. The lowest BCUT2D eigenvalue weighted by molar-refractivity contribution is -0.132. The standard InChI is InChI=1S/C15H21N5O2S/c1-11(15-17-14(18-22-15)12-4-3-9-23-12)19-5-7-20(8-6-19)13(21)10-16-2/h3-4,9,11,16H,5-8,10H2,1-2H3. The molecule has 23 heavy (non-hydrogen) atoms. The van der Waals surface area contributed by atoms with E-state index in [9.17, 15) is 4.79 Å². The van der Waals surface area contributed by atoms with Crippen molar-refractivity contribution in [3.05, 3.63) is 23.4 Å². The molecule has 3 rings (SSSR count). The lowest BCUT2D eigenvalue weighted by atomic mass is 10.2. The van der Waals surface area contributed by atoms with E-state index in [1.807, 2.05) is 22.4 Å². The number of hydrogen-bond acceptors (Lipinski definition) is 7. The lowest BCUT2D eigenvalue weighted by Crippen LogP contribution is -2.51. The van der Waals surface area contributed by atoms with Crippen molar-refractivity contribution >= 4 is 17.2 Å². The Morgan fingerprint density at radius 2 is 2.22 bits per heavy atom. The van der Waals surface area contributed by atoms with Crippen LogP contribution in [-0.2, 0) is 4.79 Å². The number of hydrogen-bond donors (Lipinski definition) is 1. The fraction of sp³-hybridized carbons (Fsp3) is 0.533. The van der Waals surface area contributed by atoms with E-state index in [4.69, 9.17) is 4.52 Å². The molecule has 0 aromatic carbocycles. The van der Waals surface area contributed by atoms with Gasteiger partial charge in [0.1, 0.15) is 0 Å². The van der Waals surface area contributed by atoms with Crippen LogP contribution in [0.25, 0.3) is 10.7 Å². The van der Waals surface area contributed by atoms with E-state index in [0.717, 1.165) is 31.1 Å². The molecule has 7 nitrogen and oxygen atoms in total. The number of nitrogens with one attached hydrogen (secondary N) is 1. The Balaban J connectivity index is 1.59. The van der Waals surface area contributed by atoms with Gasteiger partial charge in [-0.25, -0.2) is 0 Å². The highest BCUT2D eigenvalue weighted by Crippen LogP contribution is 2.25. The van der Waals surface area contributed by atoms with Crippen LogP contribution in [0.3, 0.4) is 0 Å². The van der Waals surface area contributed by atoms with Crippen LogP contribution in [0.5, 0.6) is 0 Å². The second-order valence-corrected chi connectivity index (χ2v) is 6.50. The van der Waals surface area contributed by atoms with Crippen LogP contribution >= 0.6 is 11.3 Å². The van der Waals surface area contributed by atoms with E-state index in [0.29, 0.717) is 18.3 Å². The van der Waals surface area contributed by atoms with Crippen molar-refractivity contribution in [1.82, 2.24) is 25.3 Å². The summed E-state index contributed by atoms with van der Waals surface area (Å²) in [6.07, 6.45) is 0. The third-order valence-corrected chi connectivity index (χ3v) is 4.95. The molecule has 1 fully saturated rings. The van der Waals surface area contributed by atoms with Gasteiger partial charge in [-0.2, -0.15) is 4.98 Å². The summed E-state index contributed by atoms with van der Waals surface area (Å²) in [6, 6.07) is 4.01. The van der Waals surface area contributed by atoms with Gasteiger partial charge in [0.05, 0.1) is 17.5 Å².